The average Bonchev–Trinajstić information content (AvgIpc) is 3.10. The number of piperidine rings is 1. The van der Waals surface area contributed by atoms with Crippen LogP contribution in [0.25, 0.3) is 0 Å². The monoisotopic (exact) mass is 652 g/mol. The van der Waals surface area contributed by atoms with Gasteiger partial charge in [-0.05, 0) is 66.6 Å². The Hall–Kier alpha value is -3.12. The first-order valence-corrected chi connectivity index (χ1v) is 17.0. The van der Waals surface area contributed by atoms with Gasteiger partial charge in [-0.25, -0.2) is 0 Å². The second-order valence-corrected chi connectivity index (χ2v) is 12.5. The summed E-state index contributed by atoms with van der Waals surface area (Å²) in [7, 11) is 3.28. The fourth-order valence-electron chi connectivity index (χ4n) is 6.77. The van der Waals surface area contributed by atoms with Crippen LogP contribution in [0.1, 0.15) is 87.3 Å². The number of hydrogen-bond acceptors (Lipinski definition) is 7. The van der Waals surface area contributed by atoms with Crippen LogP contribution in [0.4, 0.5) is 0 Å². The number of carboxylic acids is 1. The molecule has 4 rings (SSSR count). The maximum atomic E-state index is 12.7. The van der Waals surface area contributed by atoms with E-state index in [0.717, 1.165) is 79.4 Å². The van der Waals surface area contributed by atoms with Gasteiger partial charge < -0.3 is 29.2 Å². The largest absolute Gasteiger partial charge is 0.497 e. The number of hydrogen-bond donors (Lipinski definition) is 2. The van der Waals surface area contributed by atoms with Crippen LogP contribution in [0.5, 0.6) is 11.5 Å². The van der Waals surface area contributed by atoms with Crippen LogP contribution in [0.15, 0.2) is 78.9 Å². The summed E-state index contributed by atoms with van der Waals surface area (Å²) < 4.78 is 18.1. The molecule has 1 aliphatic heterocycles. The Kier molecular flexibility index (Phi) is 16.7. The minimum absolute atomic E-state index is 0. The van der Waals surface area contributed by atoms with Crippen LogP contribution in [-0.4, -0.2) is 91.8 Å². The molecule has 0 aliphatic carbocycles. The Morgan fingerprint density at radius 3 is 1.85 bits per heavy atom. The predicted molar refractivity (Wildman–Crippen MR) is 189 cm³/mol. The number of carbonyl (C=O) groups excluding carboxylic acids is 1. The van der Waals surface area contributed by atoms with Crippen molar-refractivity contribution in [2.75, 3.05) is 27.4 Å². The number of benzene rings is 3. The smallest absolute Gasteiger partial charge is 0.320 e. The molecule has 2 N–H and O–H groups in total. The number of aliphatic carboxylic acids is 1. The minimum atomic E-state index is -1.01. The number of nitrogens with zero attached hydrogens (tertiary/aromatic N) is 1. The molecule has 0 spiro atoms. The van der Waals surface area contributed by atoms with Gasteiger partial charge in [-0.15, -0.1) is 0 Å². The summed E-state index contributed by atoms with van der Waals surface area (Å²) in [5.41, 5.74) is 1.76. The van der Waals surface area contributed by atoms with Gasteiger partial charge in [-0.3, -0.25) is 9.69 Å². The fraction of sp³-hybridized carbons (Fsp3) is 0.487. The van der Waals surface area contributed by atoms with E-state index in [-0.39, 0.29) is 31.5 Å². The van der Waals surface area contributed by atoms with Gasteiger partial charge in [0.2, 0.25) is 0 Å². The fourth-order valence-corrected chi connectivity index (χ4v) is 6.77. The van der Waals surface area contributed by atoms with Crippen molar-refractivity contribution in [2.45, 2.75) is 94.4 Å². The molecule has 1 unspecified atom stereocenters. The first-order valence-electron chi connectivity index (χ1n) is 17.0. The number of methoxy groups -OCH3 is 2. The van der Waals surface area contributed by atoms with Crippen LogP contribution < -0.4 is 9.47 Å². The topological polar surface area (TPSA) is 106 Å². The van der Waals surface area contributed by atoms with Gasteiger partial charge in [0.05, 0.1) is 26.9 Å². The summed E-state index contributed by atoms with van der Waals surface area (Å²) in [5.74, 6) is 0.609. The van der Waals surface area contributed by atoms with Crippen molar-refractivity contribution < 1.29 is 34.0 Å². The molecule has 3 atom stereocenters. The van der Waals surface area contributed by atoms with E-state index in [1.54, 1.807) is 14.2 Å². The van der Waals surface area contributed by atoms with Gasteiger partial charge in [-0.1, -0.05) is 93.1 Å². The molecule has 9 heteroatoms. The van der Waals surface area contributed by atoms with Crippen molar-refractivity contribution in [3.63, 3.8) is 0 Å². The number of aldehydes is 1. The Morgan fingerprint density at radius 1 is 0.812 bits per heavy atom. The number of rotatable bonds is 20. The quantitative estimate of drug-likeness (QED) is 0.0608. The molecule has 1 radical (unpaired) electrons. The number of unbranched alkanes of at least 4 members (excludes halogenated alkanes) is 7. The molecule has 3 aromatic rings. The molecule has 1 heterocycles. The number of carbonyl (C=O) groups is 2. The number of carboxylic acid groups (broad SMARTS) is 1. The van der Waals surface area contributed by atoms with E-state index < -0.39 is 23.7 Å². The van der Waals surface area contributed by atoms with E-state index in [9.17, 15) is 19.8 Å². The molecule has 8 nitrogen and oxygen atoms in total. The molecular weight excluding hydrogens is 601 g/mol. The van der Waals surface area contributed by atoms with Crippen LogP contribution in [-0.2, 0) is 19.9 Å². The maximum Gasteiger partial charge on any atom is 0.320 e. The van der Waals surface area contributed by atoms with Crippen molar-refractivity contribution in [3.8, 4) is 11.5 Å². The van der Waals surface area contributed by atoms with Gasteiger partial charge >= 0.3 is 5.97 Å². The molecule has 0 amide bonds. The van der Waals surface area contributed by atoms with Crippen LogP contribution in [0, 0.1) is 0 Å². The standard InChI is InChI=1S/C39H51NO7.Li/c1-45-35-23-17-31(18-24-35)39(30-14-10-9-11-15-30,32-19-25-36(46-2)26-20-32)47-29-33-21-22-34(42)28-40(33)37(38(43)44)16-12-7-5-3-4-6-8-13-27-41;/h9-11,14-15,17-20,23-27,33-34,37,42H,3-8,12-13,16,21-22,28-29H2,1-2H3,(H,43,44);/t33-,34-,37?;/m1./s1. The zero-order chi connectivity index (χ0) is 33.5. The van der Waals surface area contributed by atoms with E-state index in [1.807, 2.05) is 71.6 Å². The number of ether oxygens (including phenoxy) is 3. The first kappa shape index (κ1) is 39.3. The number of β-amino-alcohol motifs (C(OH)–C–C–N with tert-alkyl or cyclic N) is 1. The summed E-state index contributed by atoms with van der Waals surface area (Å²) in [6, 6.07) is 24.9. The van der Waals surface area contributed by atoms with E-state index in [4.69, 9.17) is 14.2 Å². The molecule has 1 fully saturated rings. The van der Waals surface area contributed by atoms with Gasteiger partial charge in [0.15, 0.2) is 0 Å². The van der Waals surface area contributed by atoms with Gasteiger partial charge in [0.1, 0.15) is 29.4 Å². The van der Waals surface area contributed by atoms with E-state index in [0.29, 0.717) is 32.2 Å². The maximum absolute atomic E-state index is 12.7. The summed E-state index contributed by atoms with van der Waals surface area (Å²) in [6.45, 7) is 0.565. The van der Waals surface area contributed by atoms with Crippen molar-refractivity contribution in [1.82, 2.24) is 4.90 Å². The number of aliphatic hydroxyl groups excluding tert-OH is 1. The van der Waals surface area contributed by atoms with Crippen molar-refractivity contribution >= 4 is 31.1 Å². The Balaban J connectivity index is 0.00000625. The molecule has 48 heavy (non-hydrogen) atoms. The Bertz CT molecular complexity index is 1310. The van der Waals surface area contributed by atoms with Crippen molar-refractivity contribution in [1.29, 1.82) is 0 Å². The molecule has 0 bridgehead atoms. The predicted octanol–water partition coefficient (Wildman–Crippen LogP) is 6.62. The first-order chi connectivity index (χ1) is 22.9. The zero-order valence-corrected chi connectivity index (χ0v) is 28.9. The van der Waals surface area contributed by atoms with E-state index in [2.05, 4.69) is 12.1 Å². The molecule has 255 valence electrons. The molecule has 0 aromatic heterocycles. The molecule has 1 saturated heterocycles. The summed E-state index contributed by atoms with van der Waals surface area (Å²) in [6.07, 6.45) is 9.74. The van der Waals surface area contributed by atoms with E-state index in [1.165, 1.54) is 0 Å². The second kappa shape index (κ2) is 20.4. The Morgan fingerprint density at radius 2 is 1.33 bits per heavy atom. The van der Waals surface area contributed by atoms with Crippen molar-refractivity contribution in [3.05, 3.63) is 95.6 Å². The zero-order valence-electron chi connectivity index (χ0n) is 28.9. The molecule has 1 aliphatic rings. The van der Waals surface area contributed by atoms with Gasteiger partial charge in [0.25, 0.3) is 0 Å². The Labute approximate surface area is 298 Å². The van der Waals surface area contributed by atoms with Gasteiger partial charge in [0, 0.05) is 37.9 Å². The van der Waals surface area contributed by atoms with Crippen LogP contribution in [0.2, 0.25) is 0 Å². The third-order valence-corrected chi connectivity index (χ3v) is 9.37. The molecular formula is C39H51LiNO7. The van der Waals surface area contributed by atoms with Crippen molar-refractivity contribution in [2.24, 2.45) is 0 Å². The normalized spacial score (nSPS) is 17.2. The van der Waals surface area contributed by atoms with Crippen LogP contribution in [0.3, 0.4) is 0 Å². The average molecular weight is 653 g/mol. The second-order valence-electron chi connectivity index (χ2n) is 12.5. The number of aliphatic hydroxyl groups is 1. The third-order valence-electron chi connectivity index (χ3n) is 9.37. The third kappa shape index (κ3) is 10.4. The minimum Gasteiger partial charge on any atom is -0.497 e. The van der Waals surface area contributed by atoms with Gasteiger partial charge in [-0.2, -0.15) is 0 Å². The summed E-state index contributed by atoms with van der Waals surface area (Å²) in [4.78, 5) is 25.2. The van der Waals surface area contributed by atoms with Crippen LogP contribution >= 0.6 is 0 Å². The van der Waals surface area contributed by atoms with E-state index >= 15 is 0 Å². The summed E-state index contributed by atoms with van der Waals surface area (Å²) >= 11 is 0. The summed E-state index contributed by atoms with van der Waals surface area (Å²) in [5, 5.41) is 21.1. The molecule has 3 aromatic carbocycles. The molecule has 0 saturated carbocycles. The number of likely N-dealkylation sites (tertiary alicyclic amines) is 1. The SMILES string of the molecule is COc1ccc(C(OC[C@H]2CC[C@@H](O)CN2C(CCCCCCCCCC=O)C(=O)O)(c2ccccc2)c2ccc(OC)cc2)cc1.[Li].